The van der Waals surface area contributed by atoms with Gasteiger partial charge in [-0.1, -0.05) is 48.5 Å². The van der Waals surface area contributed by atoms with E-state index in [2.05, 4.69) is 15.6 Å². The Kier molecular flexibility index (Phi) is 7.84. The summed E-state index contributed by atoms with van der Waals surface area (Å²) in [5.41, 5.74) is 2.49. The van der Waals surface area contributed by atoms with Crippen LogP contribution in [0.1, 0.15) is 37.8 Å². The second kappa shape index (κ2) is 11.3. The maximum atomic E-state index is 12.5. The molecule has 3 N–H and O–H groups in total. The number of amides is 2. The first-order valence-corrected chi connectivity index (χ1v) is 12.1. The van der Waals surface area contributed by atoms with Gasteiger partial charge in [0.05, 0.1) is 6.20 Å². The summed E-state index contributed by atoms with van der Waals surface area (Å²) in [6.45, 7) is 4.45. The number of nitrogens with zero attached hydrogens (tertiary/aromatic N) is 2. The van der Waals surface area contributed by atoms with Crippen LogP contribution < -0.4 is 21.2 Å². The lowest BCUT2D eigenvalue weighted by Crippen LogP contribution is -2.47. The van der Waals surface area contributed by atoms with Crippen molar-refractivity contribution in [2.75, 3.05) is 18.5 Å². The molecule has 3 aromatic rings. The molecule has 0 saturated carbocycles. The third kappa shape index (κ3) is 6.72. The van der Waals surface area contributed by atoms with Crippen molar-refractivity contribution < 1.29 is 33.8 Å². The Balaban J connectivity index is 1.33. The fraction of sp³-hybridized carbons (Fsp3) is 0.296. The second-order valence-corrected chi connectivity index (χ2v) is 9.70. The number of carbonyl (C=O) groups is 3. The van der Waals surface area contributed by atoms with Crippen LogP contribution in [0.2, 0.25) is 0 Å². The van der Waals surface area contributed by atoms with Gasteiger partial charge in [0.2, 0.25) is 0 Å². The van der Waals surface area contributed by atoms with E-state index in [1.807, 2.05) is 48.5 Å². The van der Waals surface area contributed by atoms with E-state index in [1.165, 1.54) is 6.07 Å². The molecule has 2 aromatic carbocycles. The molecule has 12 nitrogen and oxygen atoms in total. The molecule has 39 heavy (non-hydrogen) atoms. The maximum absolute atomic E-state index is 12.5. The Bertz CT molecular complexity index is 1400. The number of alkyl carbamates (subject to hydrolysis) is 1. The molecule has 1 aromatic heterocycles. The van der Waals surface area contributed by atoms with E-state index in [-0.39, 0.29) is 18.3 Å². The summed E-state index contributed by atoms with van der Waals surface area (Å²) in [6, 6.07) is 15.4. The summed E-state index contributed by atoms with van der Waals surface area (Å²) in [4.78, 5) is 57.1. The Labute approximate surface area is 223 Å². The molecule has 1 atom stereocenters. The second-order valence-electron chi connectivity index (χ2n) is 9.70. The Morgan fingerprint density at radius 1 is 1.00 bits per heavy atom. The first-order chi connectivity index (χ1) is 18.5. The summed E-state index contributed by atoms with van der Waals surface area (Å²) >= 11 is 0. The number of nitrogens with one attached hydrogen (secondary N) is 2. The van der Waals surface area contributed by atoms with Gasteiger partial charge in [-0.3, -0.25) is 5.32 Å². The van der Waals surface area contributed by atoms with E-state index in [0.717, 1.165) is 28.5 Å². The molecule has 0 fully saturated rings. The van der Waals surface area contributed by atoms with E-state index >= 15 is 0 Å². The summed E-state index contributed by atoms with van der Waals surface area (Å²) in [5, 5.41) is 14.1. The number of carboxylic acids is 1. The fourth-order valence-corrected chi connectivity index (χ4v) is 4.08. The van der Waals surface area contributed by atoms with Crippen LogP contribution in [0.15, 0.2) is 65.6 Å². The number of aromatic nitrogens is 2. The topological polar surface area (TPSA) is 158 Å². The van der Waals surface area contributed by atoms with Crippen molar-refractivity contribution in [2.24, 2.45) is 0 Å². The van der Waals surface area contributed by atoms with Crippen LogP contribution >= 0.6 is 0 Å². The smallest absolute Gasteiger partial charge is 0.413 e. The molecule has 0 saturated heterocycles. The number of rotatable bonds is 8. The minimum absolute atomic E-state index is 0.00252. The zero-order chi connectivity index (χ0) is 28.2. The predicted octanol–water partition coefficient (Wildman–Crippen LogP) is 3.01. The van der Waals surface area contributed by atoms with E-state index < -0.39 is 42.1 Å². The van der Waals surface area contributed by atoms with Gasteiger partial charge in [-0.05, 0) is 43.0 Å². The zero-order valence-electron chi connectivity index (χ0n) is 21.5. The highest BCUT2D eigenvalue weighted by atomic mass is 16.7. The summed E-state index contributed by atoms with van der Waals surface area (Å²) in [5.74, 6) is -1.67. The lowest BCUT2D eigenvalue weighted by atomic mass is 9.98. The van der Waals surface area contributed by atoms with E-state index in [1.54, 1.807) is 20.8 Å². The van der Waals surface area contributed by atoms with Gasteiger partial charge in [0.25, 0.3) is 0 Å². The van der Waals surface area contributed by atoms with Gasteiger partial charge >= 0.3 is 23.8 Å². The Morgan fingerprint density at radius 2 is 1.62 bits per heavy atom. The lowest BCUT2D eigenvalue weighted by Gasteiger charge is -2.19. The summed E-state index contributed by atoms with van der Waals surface area (Å²) in [6.07, 6.45) is -0.601. The van der Waals surface area contributed by atoms with Crippen molar-refractivity contribution in [2.45, 2.75) is 38.3 Å². The predicted molar refractivity (Wildman–Crippen MR) is 139 cm³/mol. The quantitative estimate of drug-likeness (QED) is 0.393. The van der Waals surface area contributed by atoms with Crippen molar-refractivity contribution >= 4 is 24.0 Å². The molecule has 0 radical (unpaired) electrons. The van der Waals surface area contributed by atoms with Crippen LogP contribution in [-0.4, -0.2) is 57.8 Å². The van der Waals surface area contributed by atoms with Crippen LogP contribution in [0.25, 0.3) is 11.1 Å². The number of hydrogen-bond donors (Lipinski definition) is 3. The molecule has 0 aliphatic heterocycles. The highest BCUT2D eigenvalue weighted by Gasteiger charge is 2.30. The maximum Gasteiger partial charge on any atom is 0.413 e. The molecule has 4 rings (SSSR count). The first-order valence-electron chi connectivity index (χ1n) is 12.1. The molecule has 1 aliphatic carbocycles. The lowest BCUT2D eigenvalue weighted by molar-refractivity contribution is -0.141. The number of hydrogen-bond acceptors (Lipinski definition) is 8. The molecule has 204 valence electrons. The van der Waals surface area contributed by atoms with Crippen LogP contribution in [0.3, 0.4) is 0 Å². The molecule has 0 spiro atoms. The molecule has 0 unspecified atom stereocenters. The van der Waals surface area contributed by atoms with Crippen LogP contribution in [0.5, 0.6) is 0 Å². The van der Waals surface area contributed by atoms with Crippen molar-refractivity contribution in [1.82, 2.24) is 15.0 Å². The normalized spacial score (nSPS) is 13.0. The first kappa shape index (κ1) is 27.2. The fourth-order valence-electron chi connectivity index (χ4n) is 4.08. The van der Waals surface area contributed by atoms with Crippen LogP contribution in [0.4, 0.5) is 15.4 Å². The molecular weight excluding hydrogens is 508 g/mol. The number of aliphatic carboxylic acids is 1. The number of carbonyl (C=O) groups excluding carboxylic acids is 2. The van der Waals surface area contributed by atoms with Gasteiger partial charge < -0.3 is 24.7 Å². The molecule has 2 amide bonds. The van der Waals surface area contributed by atoms with Crippen molar-refractivity contribution in [3.05, 3.63) is 82.4 Å². The van der Waals surface area contributed by atoms with Gasteiger partial charge in [-0.15, -0.1) is 4.73 Å². The monoisotopic (exact) mass is 536 g/mol. The van der Waals surface area contributed by atoms with Gasteiger partial charge in [-0.2, -0.15) is 4.98 Å². The SMILES string of the molecule is CC(C)(C)OC(=O)Nc1ccn(OC[C@H](NC(=O)OCC2c3ccccc3-c3ccccc32)C(=O)O)c(=O)n1. The number of fused-ring (bicyclic) bond motifs is 3. The van der Waals surface area contributed by atoms with E-state index in [0.29, 0.717) is 4.73 Å². The van der Waals surface area contributed by atoms with Gasteiger partial charge in [0.15, 0.2) is 6.04 Å². The largest absolute Gasteiger partial charge is 0.480 e. The summed E-state index contributed by atoms with van der Waals surface area (Å²) < 4.78 is 11.2. The minimum Gasteiger partial charge on any atom is -0.480 e. The standard InChI is InChI=1S/C27H28N4O8/c1-27(2,3)39-26(36)30-22-12-13-31(24(34)29-22)38-15-21(23(32)33)28-25(35)37-14-20-18-10-6-4-8-16(18)17-9-5-7-11-19(17)20/h4-13,20-21H,14-15H2,1-3H3,(H,28,35)(H,32,33)(H,29,30,34,36)/t21-/m0/s1. The molecule has 1 aliphatic rings. The van der Waals surface area contributed by atoms with Crippen LogP contribution in [-0.2, 0) is 14.3 Å². The van der Waals surface area contributed by atoms with Gasteiger partial charge in [0, 0.05) is 12.0 Å². The molecule has 0 bridgehead atoms. The number of benzene rings is 2. The third-order valence-corrected chi connectivity index (χ3v) is 5.72. The summed E-state index contributed by atoms with van der Waals surface area (Å²) in [7, 11) is 0. The van der Waals surface area contributed by atoms with E-state index in [4.69, 9.17) is 14.3 Å². The number of carboxylic acid groups (broad SMARTS) is 1. The van der Waals surface area contributed by atoms with Crippen molar-refractivity contribution in [1.29, 1.82) is 0 Å². The highest BCUT2D eigenvalue weighted by Crippen LogP contribution is 2.44. The van der Waals surface area contributed by atoms with Crippen molar-refractivity contribution in [3.63, 3.8) is 0 Å². The van der Waals surface area contributed by atoms with Gasteiger partial charge in [-0.25, -0.2) is 19.2 Å². The number of ether oxygens (including phenoxy) is 2. The third-order valence-electron chi connectivity index (χ3n) is 5.72. The van der Waals surface area contributed by atoms with Crippen molar-refractivity contribution in [3.8, 4) is 11.1 Å². The minimum atomic E-state index is -1.52. The van der Waals surface area contributed by atoms with E-state index in [9.17, 15) is 24.3 Å². The van der Waals surface area contributed by atoms with Gasteiger partial charge in [0.1, 0.15) is 24.6 Å². The Morgan fingerprint density at radius 3 is 2.18 bits per heavy atom. The Hall–Kier alpha value is -4.87. The molecular formula is C27H28N4O8. The molecule has 1 heterocycles. The number of anilines is 1. The average molecular weight is 537 g/mol. The highest BCUT2D eigenvalue weighted by molar-refractivity contribution is 5.83. The average Bonchev–Trinajstić information content (AvgIpc) is 3.18. The van der Waals surface area contributed by atoms with Crippen LogP contribution in [0, 0.1) is 0 Å². The molecule has 12 heteroatoms. The zero-order valence-corrected chi connectivity index (χ0v) is 21.5.